The molecular weight excluding hydrogens is 228 g/mol. The van der Waals surface area contributed by atoms with E-state index in [0.29, 0.717) is 5.92 Å². The van der Waals surface area contributed by atoms with Gasteiger partial charge < -0.3 is 9.84 Å². The minimum atomic E-state index is -0.754. The van der Waals surface area contributed by atoms with Crippen LogP contribution in [0.4, 0.5) is 0 Å². The second-order valence-electron chi connectivity index (χ2n) is 5.18. The molecule has 18 heavy (non-hydrogen) atoms. The largest absolute Gasteiger partial charge is 0.491 e. The van der Waals surface area contributed by atoms with Crippen molar-refractivity contribution in [1.29, 1.82) is 0 Å². The second kappa shape index (κ2) is 6.43. The van der Waals surface area contributed by atoms with E-state index >= 15 is 0 Å². The molecule has 0 bridgehead atoms. The Balaban J connectivity index is 2.83. The Morgan fingerprint density at radius 1 is 1.17 bits per heavy atom. The van der Waals surface area contributed by atoms with E-state index in [1.807, 2.05) is 52.0 Å². The topological polar surface area (TPSA) is 46.5 Å². The van der Waals surface area contributed by atoms with Crippen molar-refractivity contribution >= 4 is 5.97 Å². The summed E-state index contributed by atoms with van der Waals surface area (Å²) in [5, 5.41) is 8.94. The molecule has 1 aromatic carbocycles. The van der Waals surface area contributed by atoms with Gasteiger partial charge in [-0.15, -0.1) is 0 Å². The Kier molecular flexibility index (Phi) is 5.20. The van der Waals surface area contributed by atoms with Crippen LogP contribution in [0.1, 0.15) is 45.6 Å². The van der Waals surface area contributed by atoms with E-state index < -0.39 is 5.97 Å². The molecule has 0 aromatic heterocycles. The molecular formula is C15H22O3. The van der Waals surface area contributed by atoms with E-state index in [1.165, 1.54) is 0 Å². The summed E-state index contributed by atoms with van der Waals surface area (Å²) < 4.78 is 5.57. The smallest absolute Gasteiger partial charge is 0.303 e. The lowest BCUT2D eigenvalue weighted by atomic mass is 9.86. The molecule has 1 aromatic rings. The lowest BCUT2D eigenvalue weighted by Gasteiger charge is -2.20. The predicted octanol–water partition coefficient (Wildman–Crippen LogP) is 3.69. The van der Waals surface area contributed by atoms with Gasteiger partial charge in [0.15, 0.2) is 0 Å². The molecule has 0 aliphatic heterocycles. The summed E-state index contributed by atoms with van der Waals surface area (Å²) in [5.41, 5.74) is 1.06. The van der Waals surface area contributed by atoms with Gasteiger partial charge in [0, 0.05) is 0 Å². The van der Waals surface area contributed by atoms with E-state index in [2.05, 4.69) is 0 Å². The van der Waals surface area contributed by atoms with Crippen molar-refractivity contribution in [3.05, 3.63) is 29.8 Å². The van der Waals surface area contributed by atoms with E-state index in [0.717, 1.165) is 11.3 Å². The van der Waals surface area contributed by atoms with Crippen molar-refractivity contribution in [2.24, 2.45) is 5.92 Å². The Labute approximate surface area is 109 Å². The first-order valence-electron chi connectivity index (χ1n) is 6.38. The minimum absolute atomic E-state index is 0.0515. The number of ether oxygens (including phenoxy) is 1. The number of aliphatic carboxylic acids is 1. The molecule has 0 saturated carbocycles. The Bertz CT molecular complexity index is 379. The van der Waals surface area contributed by atoms with Gasteiger partial charge in [-0.3, -0.25) is 4.79 Å². The highest BCUT2D eigenvalue weighted by Crippen LogP contribution is 2.29. The van der Waals surface area contributed by atoms with E-state index in [-0.39, 0.29) is 18.4 Å². The first-order valence-corrected chi connectivity index (χ1v) is 6.38. The Morgan fingerprint density at radius 2 is 1.72 bits per heavy atom. The summed E-state index contributed by atoms with van der Waals surface area (Å²) in [6.07, 6.45) is 0.318. The molecule has 1 rings (SSSR count). The third kappa shape index (κ3) is 4.40. The fourth-order valence-corrected chi connectivity index (χ4v) is 1.99. The predicted molar refractivity (Wildman–Crippen MR) is 72.0 cm³/mol. The van der Waals surface area contributed by atoms with Crippen LogP contribution in [0.5, 0.6) is 5.75 Å². The summed E-state index contributed by atoms with van der Waals surface area (Å²) in [7, 11) is 0. The zero-order valence-corrected chi connectivity index (χ0v) is 11.5. The van der Waals surface area contributed by atoms with Crippen molar-refractivity contribution in [3.63, 3.8) is 0 Å². The molecule has 0 heterocycles. The maximum atomic E-state index is 10.9. The Morgan fingerprint density at radius 3 is 2.11 bits per heavy atom. The molecule has 0 saturated heterocycles. The van der Waals surface area contributed by atoms with Crippen LogP contribution in [-0.4, -0.2) is 17.2 Å². The zero-order valence-electron chi connectivity index (χ0n) is 11.5. The molecule has 100 valence electrons. The van der Waals surface area contributed by atoms with Crippen LogP contribution in [0, 0.1) is 5.92 Å². The molecule has 0 aliphatic carbocycles. The molecule has 0 spiro atoms. The number of carboxylic acid groups (broad SMARTS) is 1. The van der Waals surface area contributed by atoms with Gasteiger partial charge in [0.2, 0.25) is 0 Å². The SMILES string of the molecule is CC(C)Oc1ccc([C@@H](CC(=O)O)C(C)C)cc1. The molecule has 3 heteroatoms. The fourth-order valence-electron chi connectivity index (χ4n) is 1.99. The summed E-state index contributed by atoms with van der Waals surface area (Å²) >= 11 is 0. The van der Waals surface area contributed by atoms with E-state index in [9.17, 15) is 4.79 Å². The average molecular weight is 250 g/mol. The van der Waals surface area contributed by atoms with Crippen molar-refractivity contribution < 1.29 is 14.6 Å². The number of carbonyl (C=O) groups is 1. The van der Waals surface area contributed by atoms with E-state index in [4.69, 9.17) is 9.84 Å². The maximum Gasteiger partial charge on any atom is 0.303 e. The van der Waals surface area contributed by atoms with Crippen LogP contribution < -0.4 is 4.74 Å². The Hall–Kier alpha value is -1.51. The standard InChI is InChI=1S/C15H22O3/c1-10(2)14(9-15(16)17)12-5-7-13(8-6-12)18-11(3)4/h5-8,10-11,14H,9H2,1-4H3,(H,16,17)/t14-/m0/s1. The highest BCUT2D eigenvalue weighted by atomic mass is 16.5. The number of rotatable bonds is 6. The molecule has 0 fully saturated rings. The first-order chi connectivity index (χ1) is 8.40. The van der Waals surface area contributed by atoms with Gasteiger partial charge in [0.1, 0.15) is 5.75 Å². The molecule has 0 amide bonds. The van der Waals surface area contributed by atoms with Gasteiger partial charge >= 0.3 is 5.97 Å². The average Bonchev–Trinajstić information content (AvgIpc) is 2.26. The third-order valence-electron chi connectivity index (χ3n) is 2.88. The molecule has 1 atom stereocenters. The number of hydrogen-bond acceptors (Lipinski definition) is 2. The van der Waals surface area contributed by atoms with Crippen molar-refractivity contribution in [1.82, 2.24) is 0 Å². The van der Waals surface area contributed by atoms with Crippen LogP contribution in [0.2, 0.25) is 0 Å². The first kappa shape index (κ1) is 14.6. The normalized spacial score (nSPS) is 12.8. The minimum Gasteiger partial charge on any atom is -0.491 e. The number of carboxylic acids is 1. The van der Waals surface area contributed by atoms with Crippen molar-refractivity contribution in [2.45, 2.75) is 46.1 Å². The zero-order chi connectivity index (χ0) is 13.7. The van der Waals surface area contributed by atoms with Gasteiger partial charge in [-0.05, 0) is 43.4 Å². The summed E-state index contributed by atoms with van der Waals surface area (Å²) in [6.45, 7) is 8.06. The van der Waals surface area contributed by atoms with Gasteiger partial charge in [-0.1, -0.05) is 26.0 Å². The molecule has 0 radical (unpaired) electrons. The van der Waals surface area contributed by atoms with Crippen LogP contribution in [0.3, 0.4) is 0 Å². The molecule has 0 unspecified atom stereocenters. The number of benzene rings is 1. The maximum absolute atomic E-state index is 10.9. The number of hydrogen-bond donors (Lipinski definition) is 1. The fraction of sp³-hybridized carbons (Fsp3) is 0.533. The monoisotopic (exact) mass is 250 g/mol. The van der Waals surface area contributed by atoms with Crippen LogP contribution in [-0.2, 0) is 4.79 Å². The molecule has 1 N–H and O–H groups in total. The van der Waals surface area contributed by atoms with Gasteiger partial charge in [0.25, 0.3) is 0 Å². The quantitative estimate of drug-likeness (QED) is 0.837. The van der Waals surface area contributed by atoms with Crippen LogP contribution in [0.25, 0.3) is 0 Å². The highest BCUT2D eigenvalue weighted by Gasteiger charge is 2.19. The van der Waals surface area contributed by atoms with Crippen molar-refractivity contribution in [2.75, 3.05) is 0 Å². The lowest BCUT2D eigenvalue weighted by Crippen LogP contribution is -2.12. The van der Waals surface area contributed by atoms with Crippen molar-refractivity contribution in [3.8, 4) is 5.75 Å². The van der Waals surface area contributed by atoms with Crippen LogP contribution in [0.15, 0.2) is 24.3 Å². The van der Waals surface area contributed by atoms with Gasteiger partial charge in [-0.25, -0.2) is 0 Å². The van der Waals surface area contributed by atoms with Gasteiger partial charge in [-0.2, -0.15) is 0 Å². The highest BCUT2D eigenvalue weighted by molar-refractivity contribution is 5.68. The molecule has 0 aliphatic rings. The lowest BCUT2D eigenvalue weighted by molar-refractivity contribution is -0.137. The third-order valence-corrected chi connectivity index (χ3v) is 2.88. The summed E-state index contributed by atoms with van der Waals surface area (Å²) in [6, 6.07) is 7.75. The van der Waals surface area contributed by atoms with E-state index in [1.54, 1.807) is 0 Å². The molecule has 3 nitrogen and oxygen atoms in total. The summed E-state index contributed by atoms with van der Waals surface area (Å²) in [4.78, 5) is 10.9. The van der Waals surface area contributed by atoms with Gasteiger partial charge in [0.05, 0.1) is 12.5 Å². The summed E-state index contributed by atoms with van der Waals surface area (Å²) in [5.74, 6) is 0.427. The van der Waals surface area contributed by atoms with Crippen LogP contribution >= 0.6 is 0 Å². The second-order valence-corrected chi connectivity index (χ2v) is 5.18.